The molecule has 0 aliphatic heterocycles. The van der Waals surface area contributed by atoms with E-state index in [-0.39, 0.29) is 32.5 Å². The summed E-state index contributed by atoms with van der Waals surface area (Å²) >= 11 is 0. The summed E-state index contributed by atoms with van der Waals surface area (Å²) < 4.78 is 0. The highest BCUT2D eigenvalue weighted by Gasteiger charge is 2.39. The Hall–Kier alpha value is -1.56. The zero-order valence-electron chi connectivity index (χ0n) is 29.6. The van der Waals surface area contributed by atoms with Gasteiger partial charge in [0.1, 0.15) is 0 Å². The summed E-state index contributed by atoms with van der Waals surface area (Å²) in [7, 11) is 0. The quantitative estimate of drug-likeness (QED) is 0.369. The van der Waals surface area contributed by atoms with Gasteiger partial charge < -0.3 is 0 Å². The molecule has 0 heterocycles. The van der Waals surface area contributed by atoms with Gasteiger partial charge in [0.05, 0.1) is 0 Å². The van der Waals surface area contributed by atoms with Gasteiger partial charge >= 0.3 is 0 Å². The molecule has 0 saturated carbocycles. The summed E-state index contributed by atoms with van der Waals surface area (Å²) in [4.78, 5) is 0. The molecule has 0 aliphatic rings. The van der Waals surface area contributed by atoms with E-state index < -0.39 is 0 Å². The topological polar surface area (TPSA) is 0 Å². The van der Waals surface area contributed by atoms with Crippen molar-refractivity contribution in [2.24, 2.45) is 0 Å². The first-order valence-corrected chi connectivity index (χ1v) is 15.4. The van der Waals surface area contributed by atoms with Gasteiger partial charge in [-0.05, 0) is 89.3 Å². The van der Waals surface area contributed by atoms with Crippen molar-refractivity contribution in [3.8, 4) is 0 Å². The molecule has 0 bridgehead atoms. The fourth-order valence-corrected chi connectivity index (χ4v) is 6.74. The molecule has 0 radical (unpaired) electrons. The number of rotatable bonds is 3. The highest BCUT2D eigenvalue weighted by atomic mass is 14.4. The van der Waals surface area contributed by atoms with Crippen LogP contribution < -0.4 is 0 Å². The molecule has 0 amide bonds. The molecular formula is C39H64. The molecule has 0 saturated heterocycles. The third kappa shape index (κ3) is 7.40. The molecule has 0 aromatic heterocycles. The van der Waals surface area contributed by atoms with Gasteiger partial charge in [0.2, 0.25) is 0 Å². The third-order valence-corrected chi connectivity index (χ3v) is 8.18. The monoisotopic (exact) mass is 533 g/mol. The lowest BCUT2D eigenvalue weighted by Gasteiger charge is -2.43. The van der Waals surface area contributed by atoms with Crippen LogP contribution in [-0.2, 0) is 38.9 Å². The average molecular weight is 533 g/mol. The molecule has 2 rings (SSSR count). The second kappa shape index (κ2) is 10.4. The number of benzene rings is 2. The third-order valence-electron chi connectivity index (χ3n) is 8.18. The zero-order valence-corrected chi connectivity index (χ0v) is 29.6. The van der Waals surface area contributed by atoms with E-state index >= 15 is 0 Å². The molecule has 39 heavy (non-hydrogen) atoms. The van der Waals surface area contributed by atoms with Crippen LogP contribution in [0.4, 0.5) is 0 Å². The molecule has 0 fully saturated rings. The molecule has 0 N–H and O–H groups in total. The average Bonchev–Trinajstić information content (AvgIpc) is 2.67. The first kappa shape index (κ1) is 33.6. The molecule has 0 nitrogen and oxygen atoms in total. The molecule has 1 unspecified atom stereocenters. The van der Waals surface area contributed by atoms with Crippen molar-refractivity contribution in [1.82, 2.24) is 0 Å². The number of hydrogen-bond acceptors (Lipinski definition) is 0. The van der Waals surface area contributed by atoms with Crippen LogP contribution in [0.3, 0.4) is 0 Å². The van der Waals surface area contributed by atoms with Gasteiger partial charge in [0, 0.05) is 0 Å². The van der Waals surface area contributed by atoms with Crippen molar-refractivity contribution in [3.63, 3.8) is 0 Å². The van der Waals surface area contributed by atoms with Gasteiger partial charge in [-0.25, -0.2) is 0 Å². The Labute approximate surface area is 244 Å². The lowest BCUT2D eigenvalue weighted by molar-refractivity contribution is 0.470. The molecular weight excluding hydrogens is 468 g/mol. The van der Waals surface area contributed by atoms with Crippen molar-refractivity contribution in [3.05, 3.63) is 68.8 Å². The summed E-state index contributed by atoms with van der Waals surface area (Å²) in [6.07, 6.45) is 1.06. The summed E-state index contributed by atoms with van der Waals surface area (Å²) in [5.74, 6) is 0.409. The normalized spacial score (nSPS) is 15.1. The van der Waals surface area contributed by atoms with E-state index in [0.29, 0.717) is 5.92 Å². The Kier molecular flexibility index (Phi) is 8.94. The highest BCUT2D eigenvalue weighted by molar-refractivity contribution is 5.58. The maximum atomic E-state index is 2.63. The first-order valence-electron chi connectivity index (χ1n) is 15.4. The predicted octanol–water partition coefficient (Wildman–Crippen LogP) is 11.8. The standard InChI is InChI=1S/C39H64/c1-25(23-26-21-20-22-28(34(2,3)4)30(26)36(8,9)10)27-24-29(35(5,6)7)32(38(14,15)16)33(39(17,18)19)31(27)37(11,12)13/h20-22,24-25H,23H2,1-19H3. The van der Waals surface area contributed by atoms with Crippen LogP contribution in [0, 0.1) is 0 Å². The summed E-state index contributed by atoms with van der Waals surface area (Å²) in [6, 6.07) is 9.70. The first-order chi connectivity index (χ1) is 17.1. The Morgan fingerprint density at radius 3 is 1.23 bits per heavy atom. The van der Waals surface area contributed by atoms with Crippen LogP contribution in [0.5, 0.6) is 0 Å². The van der Waals surface area contributed by atoms with E-state index in [4.69, 9.17) is 0 Å². The maximum absolute atomic E-state index is 2.63. The van der Waals surface area contributed by atoms with Gasteiger partial charge in [-0.15, -0.1) is 0 Å². The van der Waals surface area contributed by atoms with Crippen LogP contribution in [0.2, 0.25) is 0 Å². The summed E-state index contributed by atoms with van der Waals surface area (Å²) in [6.45, 7) is 45.7. The van der Waals surface area contributed by atoms with Crippen molar-refractivity contribution in [2.45, 2.75) is 176 Å². The van der Waals surface area contributed by atoms with E-state index in [0.717, 1.165) is 6.42 Å². The predicted molar refractivity (Wildman–Crippen MR) is 177 cm³/mol. The fraction of sp³-hybridized carbons (Fsp3) is 0.692. The Morgan fingerprint density at radius 2 is 0.872 bits per heavy atom. The van der Waals surface area contributed by atoms with Crippen LogP contribution in [0.25, 0.3) is 0 Å². The molecule has 2 aromatic rings. The molecule has 2 aromatic carbocycles. The lowest BCUT2D eigenvalue weighted by atomic mass is 9.62. The van der Waals surface area contributed by atoms with Crippen molar-refractivity contribution in [2.75, 3.05) is 0 Å². The lowest BCUT2D eigenvalue weighted by Crippen LogP contribution is -2.33. The Balaban J connectivity index is 3.04. The minimum absolute atomic E-state index is 0.0444. The smallest absolute Gasteiger partial charge is 0.0126 e. The van der Waals surface area contributed by atoms with Crippen LogP contribution in [0.1, 0.15) is 182 Å². The minimum Gasteiger partial charge on any atom is -0.0617 e. The number of hydrogen-bond donors (Lipinski definition) is 0. The van der Waals surface area contributed by atoms with Crippen molar-refractivity contribution < 1.29 is 0 Å². The van der Waals surface area contributed by atoms with Crippen molar-refractivity contribution in [1.29, 1.82) is 0 Å². The SMILES string of the molecule is CC(Cc1cccc(C(C)(C)C)c1C(C)(C)C)c1cc(C(C)(C)C)c(C(C)(C)C)c(C(C)(C)C)c1C(C)(C)C. The van der Waals surface area contributed by atoms with Gasteiger partial charge in [0.15, 0.2) is 0 Å². The molecule has 0 heteroatoms. The Bertz CT molecular complexity index is 1160. The molecule has 0 aliphatic carbocycles. The van der Waals surface area contributed by atoms with E-state index in [1.54, 1.807) is 27.8 Å². The second-order valence-electron chi connectivity index (χ2n) is 18.6. The van der Waals surface area contributed by atoms with Crippen LogP contribution in [-0.4, -0.2) is 0 Å². The fourth-order valence-electron chi connectivity index (χ4n) is 6.74. The van der Waals surface area contributed by atoms with E-state index in [1.807, 2.05) is 0 Å². The van der Waals surface area contributed by atoms with Crippen LogP contribution in [0.15, 0.2) is 24.3 Å². The summed E-state index contributed by atoms with van der Waals surface area (Å²) in [5, 5.41) is 0. The van der Waals surface area contributed by atoms with Gasteiger partial charge in [-0.3, -0.25) is 0 Å². The zero-order chi connectivity index (χ0) is 30.7. The Morgan fingerprint density at radius 1 is 0.462 bits per heavy atom. The maximum Gasteiger partial charge on any atom is -0.0126 e. The van der Waals surface area contributed by atoms with Gasteiger partial charge in [0.25, 0.3) is 0 Å². The molecule has 1 atom stereocenters. The van der Waals surface area contributed by atoms with E-state index in [2.05, 4.69) is 156 Å². The minimum atomic E-state index is 0.0444. The van der Waals surface area contributed by atoms with Crippen molar-refractivity contribution >= 4 is 0 Å². The van der Waals surface area contributed by atoms with E-state index in [9.17, 15) is 0 Å². The second-order valence-corrected chi connectivity index (χ2v) is 18.6. The molecule has 0 spiro atoms. The summed E-state index contributed by atoms with van der Waals surface area (Å²) in [5.41, 5.74) is 12.8. The largest absolute Gasteiger partial charge is 0.0617 e. The van der Waals surface area contributed by atoms with E-state index in [1.165, 1.54) is 16.7 Å². The highest BCUT2D eigenvalue weighted by Crippen LogP contribution is 2.49. The molecule has 220 valence electrons. The van der Waals surface area contributed by atoms with Gasteiger partial charge in [-0.1, -0.05) is 156 Å². The van der Waals surface area contributed by atoms with Gasteiger partial charge in [-0.2, -0.15) is 0 Å². The van der Waals surface area contributed by atoms with Crippen LogP contribution >= 0.6 is 0 Å².